The van der Waals surface area contributed by atoms with Crippen molar-refractivity contribution in [1.29, 1.82) is 0 Å². The average molecular weight is 446 g/mol. The largest absolute Gasteiger partial charge is 0.460 e. The van der Waals surface area contributed by atoms with Crippen LogP contribution in [0.4, 0.5) is 30.7 Å². The summed E-state index contributed by atoms with van der Waals surface area (Å²) < 4.78 is 99.7. The average Bonchev–Trinajstić information content (AvgIpc) is 3.00. The van der Waals surface area contributed by atoms with Crippen LogP contribution in [0.2, 0.25) is 0 Å². The lowest BCUT2D eigenvalue weighted by Crippen LogP contribution is -2.58. The fourth-order valence-electron chi connectivity index (χ4n) is 2.74. The number of nitrogens with zero attached hydrogens (tertiary/aromatic N) is 1. The third-order valence-corrected chi connectivity index (χ3v) is 4.28. The summed E-state index contributed by atoms with van der Waals surface area (Å²) in [7, 11) is 0. The van der Waals surface area contributed by atoms with Gasteiger partial charge in [0.2, 0.25) is 5.76 Å². The van der Waals surface area contributed by atoms with Gasteiger partial charge in [0.1, 0.15) is 5.76 Å². The number of hydrogen-bond donors (Lipinski definition) is 1. The van der Waals surface area contributed by atoms with E-state index < -0.39 is 29.9 Å². The predicted molar refractivity (Wildman–Crippen MR) is 87.6 cm³/mol. The zero-order chi connectivity index (χ0) is 22.9. The number of fused-ring (bicyclic) bond motifs is 1. The summed E-state index contributed by atoms with van der Waals surface area (Å²) in [4.78, 5) is 23.4. The third-order valence-electron chi connectivity index (χ3n) is 4.28. The highest BCUT2D eigenvalue weighted by Gasteiger charge is 2.76. The van der Waals surface area contributed by atoms with E-state index in [1.165, 1.54) is 6.92 Å². The van der Waals surface area contributed by atoms with Gasteiger partial charge in [-0.05, 0) is 26.2 Å². The summed E-state index contributed by atoms with van der Waals surface area (Å²) >= 11 is 0. The fourth-order valence-corrected chi connectivity index (χ4v) is 2.74. The minimum Gasteiger partial charge on any atom is -0.460 e. The molecule has 13 heteroatoms. The number of nitrogens with one attached hydrogen (secondary N) is 1. The molecule has 1 heterocycles. The molecule has 0 aromatic carbocycles. The van der Waals surface area contributed by atoms with Crippen molar-refractivity contribution in [1.82, 2.24) is 5.43 Å². The van der Waals surface area contributed by atoms with E-state index in [2.05, 4.69) is 5.10 Å². The molecule has 1 aliphatic carbocycles. The third kappa shape index (κ3) is 4.15. The molecule has 6 nitrogen and oxygen atoms in total. The summed E-state index contributed by atoms with van der Waals surface area (Å²) in [6.45, 7) is 3.31. The van der Waals surface area contributed by atoms with Gasteiger partial charge in [0.25, 0.3) is 0 Å². The van der Waals surface area contributed by atoms with Gasteiger partial charge in [-0.2, -0.15) is 35.8 Å². The van der Waals surface area contributed by atoms with Crippen LogP contribution in [0.15, 0.2) is 9.52 Å². The molecule has 0 bridgehead atoms. The minimum atomic E-state index is -6.64. The fraction of sp³-hybridized carbons (Fsp3) is 0.588. The van der Waals surface area contributed by atoms with E-state index >= 15 is 0 Å². The molecule has 1 aromatic rings. The molecule has 0 radical (unpaired) electrons. The minimum absolute atomic E-state index is 0.0678. The van der Waals surface area contributed by atoms with E-state index in [9.17, 15) is 40.3 Å². The molecule has 2 rings (SSSR count). The standard InChI is InChI=1S/C17H17F7N2O4/c1-3-7-29-13(27)12-8(2)11-9(5-4-6-10(11)30-12)25-26-14(28)15(18,19)16(20,21)17(22,23)24/h3-7H2,1-2H3,(H,26,28)/b25-9+. The van der Waals surface area contributed by atoms with Gasteiger partial charge in [0, 0.05) is 17.5 Å². The van der Waals surface area contributed by atoms with Crippen molar-refractivity contribution < 1.29 is 49.5 Å². The lowest BCUT2D eigenvalue weighted by atomic mass is 9.93. The Morgan fingerprint density at radius 3 is 2.33 bits per heavy atom. The van der Waals surface area contributed by atoms with Crippen LogP contribution in [-0.4, -0.2) is 42.2 Å². The van der Waals surface area contributed by atoms with E-state index in [-0.39, 0.29) is 41.4 Å². The maximum atomic E-state index is 13.4. The summed E-state index contributed by atoms with van der Waals surface area (Å²) in [6.07, 6.45) is -5.37. The first-order chi connectivity index (χ1) is 13.8. The highest BCUT2D eigenvalue weighted by atomic mass is 19.4. The van der Waals surface area contributed by atoms with E-state index in [0.717, 1.165) is 5.43 Å². The Bertz CT molecular complexity index is 859. The Kier molecular flexibility index (Phi) is 6.52. The van der Waals surface area contributed by atoms with Gasteiger partial charge < -0.3 is 9.15 Å². The van der Waals surface area contributed by atoms with Crippen molar-refractivity contribution >= 4 is 17.6 Å². The molecule has 0 saturated carbocycles. The number of ether oxygens (including phenoxy) is 1. The molecule has 1 aromatic heterocycles. The van der Waals surface area contributed by atoms with Gasteiger partial charge in [0.15, 0.2) is 0 Å². The number of alkyl halides is 7. The Labute approximate surface area is 165 Å². The second-order valence-corrected chi connectivity index (χ2v) is 6.49. The van der Waals surface area contributed by atoms with Gasteiger partial charge in [-0.3, -0.25) is 4.79 Å². The first-order valence-corrected chi connectivity index (χ1v) is 8.74. The number of amides is 1. The Morgan fingerprint density at radius 2 is 1.77 bits per heavy atom. The highest BCUT2D eigenvalue weighted by molar-refractivity contribution is 6.06. The second-order valence-electron chi connectivity index (χ2n) is 6.49. The molecule has 1 amide bonds. The van der Waals surface area contributed by atoms with Crippen molar-refractivity contribution in [2.24, 2.45) is 5.10 Å². The van der Waals surface area contributed by atoms with Crippen LogP contribution in [0.5, 0.6) is 0 Å². The molecule has 0 unspecified atom stereocenters. The number of esters is 1. The molecular formula is C17H17F7N2O4. The van der Waals surface area contributed by atoms with Crippen molar-refractivity contribution in [3.05, 3.63) is 22.6 Å². The monoisotopic (exact) mass is 446 g/mol. The number of rotatable bonds is 6. The molecule has 0 spiro atoms. The summed E-state index contributed by atoms with van der Waals surface area (Å²) in [5.74, 6) is -16.3. The van der Waals surface area contributed by atoms with Crippen LogP contribution in [0.3, 0.4) is 0 Å². The lowest BCUT2D eigenvalue weighted by molar-refractivity contribution is -0.344. The van der Waals surface area contributed by atoms with Crippen LogP contribution >= 0.6 is 0 Å². The van der Waals surface area contributed by atoms with Crippen LogP contribution in [0, 0.1) is 6.92 Å². The van der Waals surface area contributed by atoms with Crippen LogP contribution in [0.25, 0.3) is 0 Å². The molecular weight excluding hydrogens is 429 g/mol. The first-order valence-electron chi connectivity index (χ1n) is 8.74. The maximum Gasteiger partial charge on any atom is 0.460 e. The van der Waals surface area contributed by atoms with Gasteiger partial charge in [-0.1, -0.05) is 6.92 Å². The van der Waals surface area contributed by atoms with Gasteiger partial charge in [-0.25, -0.2) is 10.2 Å². The quantitative estimate of drug-likeness (QED) is 0.405. The van der Waals surface area contributed by atoms with Gasteiger partial charge in [0.05, 0.1) is 12.3 Å². The van der Waals surface area contributed by atoms with Crippen LogP contribution in [-0.2, 0) is 16.0 Å². The van der Waals surface area contributed by atoms with E-state index in [4.69, 9.17) is 9.15 Å². The molecule has 1 N–H and O–H groups in total. The lowest BCUT2D eigenvalue weighted by Gasteiger charge is -2.26. The zero-order valence-corrected chi connectivity index (χ0v) is 15.8. The Hall–Kier alpha value is -2.60. The van der Waals surface area contributed by atoms with Crippen molar-refractivity contribution in [3.63, 3.8) is 0 Å². The second kappa shape index (κ2) is 8.26. The molecule has 0 fully saturated rings. The number of furan rings is 1. The number of aryl methyl sites for hydroxylation is 1. The topological polar surface area (TPSA) is 80.9 Å². The zero-order valence-electron chi connectivity index (χ0n) is 15.8. The van der Waals surface area contributed by atoms with Gasteiger partial charge >= 0.3 is 29.9 Å². The van der Waals surface area contributed by atoms with Gasteiger partial charge in [-0.15, -0.1) is 0 Å². The molecule has 168 valence electrons. The van der Waals surface area contributed by atoms with Crippen molar-refractivity contribution in [2.45, 2.75) is 57.6 Å². The molecule has 0 saturated heterocycles. The summed E-state index contributed by atoms with van der Waals surface area (Å²) in [5.41, 5.74) is 1.36. The molecule has 1 aliphatic rings. The molecule has 0 aliphatic heterocycles. The Morgan fingerprint density at radius 1 is 1.13 bits per heavy atom. The van der Waals surface area contributed by atoms with E-state index in [1.807, 2.05) is 0 Å². The SMILES string of the molecule is CCCOC(=O)c1oc2c(c1C)/C(=N/NC(=O)C(F)(F)C(F)(F)C(F)(F)F)CCC2. The molecule has 0 atom stereocenters. The first kappa shape index (κ1) is 23.7. The number of carbonyl (C=O) groups is 2. The normalized spacial score (nSPS) is 16.4. The highest BCUT2D eigenvalue weighted by Crippen LogP contribution is 2.46. The van der Waals surface area contributed by atoms with Crippen molar-refractivity contribution in [3.8, 4) is 0 Å². The number of carbonyl (C=O) groups excluding carboxylic acids is 2. The van der Waals surface area contributed by atoms with Crippen LogP contribution in [0.1, 0.15) is 53.6 Å². The molecule has 30 heavy (non-hydrogen) atoms. The van der Waals surface area contributed by atoms with Crippen LogP contribution < -0.4 is 5.43 Å². The Balaban J connectivity index is 2.30. The summed E-state index contributed by atoms with van der Waals surface area (Å²) in [5, 5.41) is 3.31. The number of halogens is 7. The number of hydrazone groups is 1. The summed E-state index contributed by atoms with van der Waals surface area (Å²) in [6, 6.07) is 0. The smallest absolute Gasteiger partial charge is 0.460 e. The number of hydrogen-bond acceptors (Lipinski definition) is 5. The van der Waals surface area contributed by atoms with E-state index in [1.54, 1.807) is 6.92 Å². The van der Waals surface area contributed by atoms with E-state index in [0.29, 0.717) is 19.3 Å². The predicted octanol–water partition coefficient (Wildman–Crippen LogP) is 4.14. The maximum absolute atomic E-state index is 13.4. The van der Waals surface area contributed by atoms with Crippen molar-refractivity contribution in [2.75, 3.05) is 6.61 Å².